The van der Waals surface area contributed by atoms with Gasteiger partial charge in [-0.05, 0) is 48.2 Å². The third-order valence-electron chi connectivity index (χ3n) is 9.19. The predicted octanol–water partition coefficient (Wildman–Crippen LogP) is 6.33. The van der Waals surface area contributed by atoms with Crippen LogP contribution < -0.4 is 4.74 Å². The largest absolute Gasteiger partial charge is 0.625 e. The molecule has 0 radical (unpaired) electrons. The molecule has 0 saturated carbocycles. The maximum atomic E-state index is 13.9. The zero-order chi connectivity index (χ0) is 35.7. The average Bonchev–Trinajstić information content (AvgIpc) is 3.81. The molecule has 2 fully saturated rings. The van der Waals surface area contributed by atoms with Gasteiger partial charge in [-0.3, -0.25) is 14.7 Å². The van der Waals surface area contributed by atoms with Crippen molar-refractivity contribution in [2.24, 2.45) is 4.99 Å². The first-order valence-corrected chi connectivity index (χ1v) is 16.9. The number of carbonyl (C=O) groups is 4. The Labute approximate surface area is 312 Å². The number of amides is 3. The summed E-state index contributed by atoms with van der Waals surface area (Å²) in [5.41, 5.74) is 3.32. The van der Waals surface area contributed by atoms with E-state index in [2.05, 4.69) is 10.2 Å². The molecule has 272 valence electrons. The minimum Gasteiger partial charge on any atom is -0.625 e. The SMILES string of the molecule is COc1cccc([C@@H](CC(=O)N2CCOC2=O)[C@H](N=C(c2ccccc2)c2ccccc2[N-]C(=O)[C@@H]2CCCN2Cc2ccccc2)C(=O)O)c1.[Ni]. The van der Waals surface area contributed by atoms with Gasteiger partial charge in [0.15, 0.2) is 6.04 Å². The monoisotopic (exact) mass is 745 g/mol. The molecule has 2 saturated heterocycles. The number of carbonyl (C=O) groups excluding carboxylic acids is 3. The first kappa shape index (κ1) is 37.9. The summed E-state index contributed by atoms with van der Waals surface area (Å²) in [6, 6.07) is 31.0. The number of carboxylic acid groups (broad SMARTS) is 1. The van der Waals surface area contributed by atoms with E-state index in [1.807, 2.05) is 48.5 Å². The van der Waals surface area contributed by atoms with Crippen LogP contribution in [0.15, 0.2) is 114 Å². The minimum absolute atomic E-state index is 0. The van der Waals surface area contributed by atoms with Gasteiger partial charge in [-0.2, -0.15) is 0 Å². The molecule has 0 spiro atoms. The summed E-state index contributed by atoms with van der Waals surface area (Å²) in [6.07, 6.45) is 0.443. The summed E-state index contributed by atoms with van der Waals surface area (Å²) in [4.78, 5) is 60.9. The van der Waals surface area contributed by atoms with Crippen LogP contribution in [0.3, 0.4) is 0 Å². The van der Waals surface area contributed by atoms with Crippen LogP contribution in [0, 0.1) is 0 Å². The number of cyclic esters (lactones) is 1. The van der Waals surface area contributed by atoms with Gasteiger partial charge in [-0.15, -0.1) is 5.69 Å². The predicted molar refractivity (Wildman–Crippen MR) is 191 cm³/mol. The number of benzene rings is 4. The van der Waals surface area contributed by atoms with Gasteiger partial charge in [-0.1, -0.05) is 97.1 Å². The summed E-state index contributed by atoms with van der Waals surface area (Å²) >= 11 is 0. The molecule has 2 heterocycles. The first-order chi connectivity index (χ1) is 24.8. The van der Waals surface area contributed by atoms with E-state index in [9.17, 15) is 24.3 Å². The summed E-state index contributed by atoms with van der Waals surface area (Å²) in [5, 5.41) is 15.4. The van der Waals surface area contributed by atoms with Crippen molar-refractivity contribution < 1.29 is 50.2 Å². The number of likely N-dealkylation sites (tertiary alicyclic amines) is 1. The van der Waals surface area contributed by atoms with E-state index in [-0.39, 0.29) is 42.0 Å². The minimum atomic E-state index is -1.49. The van der Waals surface area contributed by atoms with Gasteiger partial charge in [0.25, 0.3) is 0 Å². The first-order valence-electron chi connectivity index (χ1n) is 16.9. The molecule has 0 bridgehead atoms. The van der Waals surface area contributed by atoms with Crippen molar-refractivity contribution in [2.75, 3.05) is 26.8 Å². The number of rotatable bonds is 13. The fraction of sp³-hybridized carbons (Fsp3) is 0.275. The van der Waals surface area contributed by atoms with E-state index < -0.39 is 36.0 Å². The van der Waals surface area contributed by atoms with Gasteiger partial charge in [0.2, 0.25) is 5.91 Å². The summed E-state index contributed by atoms with van der Waals surface area (Å²) in [5.74, 6) is -2.67. The van der Waals surface area contributed by atoms with Gasteiger partial charge in [0.05, 0.1) is 31.3 Å². The molecular weight excluding hydrogens is 707 g/mol. The molecule has 6 rings (SSSR count). The average molecular weight is 746 g/mol. The van der Waals surface area contributed by atoms with Gasteiger partial charge in [-0.25, -0.2) is 14.5 Å². The molecule has 0 aromatic heterocycles. The van der Waals surface area contributed by atoms with Gasteiger partial charge in [0, 0.05) is 40.9 Å². The second kappa shape index (κ2) is 17.8. The quantitative estimate of drug-likeness (QED) is 0.124. The van der Waals surface area contributed by atoms with Gasteiger partial charge in [0.1, 0.15) is 12.4 Å². The summed E-state index contributed by atoms with van der Waals surface area (Å²) in [7, 11) is 1.49. The van der Waals surface area contributed by atoms with E-state index >= 15 is 0 Å². The number of para-hydroxylation sites is 1. The number of hydrogen-bond donors (Lipinski definition) is 1. The van der Waals surface area contributed by atoms with E-state index in [4.69, 9.17) is 14.5 Å². The van der Waals surface area contributed by atoms with Crippen LogP contribution in [0.5, 0.6) is 5.75 Å². The third-order valence-corrected chi connectivity index (χ3v) is 9.19. The van der Waals surface area contributed by atoms with Crippen molar-refractivity contribution in [1.82, 2.24) is 9.80 Å². The Balaban J connectivity index is 0.00000523. The molecule has 11 nitrogen and oxygen atoms in total. The zero-order valence-electron chi connectivity index (χ0n) is 28.6. The number of hydrogen-bond acceptors (Lipinski definition) is 8. The van der Waals surface area contributed by atoms with Gasteiger partial charge >= 0.3 is 12.1 Å². The molecule has 4 aromatic carbocycles. The second-order valence-corrected chi connectivity index (χ2v) is 12.5. The van der Waals surface area contributed by atoms with Crippen molar-refractivity contribution in [2.45, 2.75) is 43.8 Å². The molecule has 0 aliphatic carbocycles. The van der Waals surface area contributed by atoms with Crippen molar-refractivity contribution >= 4 is 35.3 Å². The Morgan fingerprint density at radius 3 is 2.35 bits per heavy atom. The fourth-order valence-electron chi connectivity index (χ4n) is 6.63. The van der Waals surface area contributed by atoms with Crippen molar-refractivity contribution in [3.05, 3.63) is 137 Å². The Kier molecular flexibility index (Phi) is 12.9. The van der Waals surface area contributed by atoms with Crippen LogP contribution in [0.4, 0.5) is 10.5 Å². The number of carboxylic acids is 1. The molecule has 2 aliphatic rings. The Hall–Kier alpha value is -5.32. The van der Waals surface area contributed by atoms with Crippen LogP contribution in [0.1, 0.15) is 47.4 Å². The Morgan fingerprint density at radius 2 is 1.65 bits per heavy atom. The zero-order valence-corrected chi connectivity index (χ0v) is 29.6. The second-order valence-electron chi connectivity index (χ2n) is 12.5. The Bertz CT molecular complexity index is 1910. The van der Waals surface area contributed by atoms with Crippen molar-refractivity contribution in [3.8, 4) is 5.75 Å². The molecule has 0 unspecified atom stereocenters. The molecule has 2 aliphatic heterocycles. The normalized spacial score (nSPS) is 17.1. The fourth-order valence-corrected chi connectivity index (χ4v) is 6.63. The van der Waals surface area contributed by atoms with E-state index in [0.717, 1.165) is 23.4 Å². The number of ether oxygens (including phenoxy) is 2. The van der Waals surface area contributed by atoms with E-state index in [1.165, 1.54) is 7.11 Å². The molecule has 52 heavy (non-hydrogen) atoms. The molecule has 12 heteroatoms. The maximum absolute atomic E-state index is 13.9. The maximum Gasteiger partial charge on any atom is 0.416 e. The number of aliphatic imine (C=N–C) groups is 1. The molecular formula is C40H39N4NiO7-. The number of aliphatic carboxylic acids is 1. The van der Waals surface area contributed by atoms with Crippen LogP contribution in [-0.4, -0.2) is 83.4 Å². The molecule has 3 amide bonds. The molecule has 3 atom stereocenters. The standard InChI is InChI=1S/C40H40N4O7.Ni/c1-50-30-17-10-16-29(24-30)32(25-35(45)44-22-23-51-40(44)49)37(39(47)48)42-36(28-14-6-3-7-15-28)31-18-8-9-19-33(31)41-38(46)34-20-11-21-43(34)26-27-12-4-2-5-13-27;/h2-10,12-19,24,32,34,37H,11,20-23,25-26H2,1H3,(H2,41,42,46,47,48);/p-1/t32-,34+,37+;/m1./s1. The van der Waals surface area contributed by atoms with Crippen LogP contribution in [0.2, 0.25) is 0 Å². The summed E-state index contributed by atoms with van der Waals surface area (Å²) < 4.78 is 10.4. The van der Waals surface area contributed by atoms with Crippen LogP contribution in [0.25, 0.3) is 5.32 Å². The van der Waals surface area contributed by atoms with Gasteiger partial charge < -0.3 is 24.7 Å². The van der Waals surface area contributed by atoms with E-state index in [1.54, 1.807) is 60.7 Å². The van der Waals surface area contributed by atoms with Crippen molar-refractivity contribution in [1.29, 1.82) is 0 Å². The Morgan fingerprint density at radius 1 is 0.942 bits per heavy atom. The smallest absolute Gasteiger partial charge is 0.416 e. The number of imide groups is 1. The van der Waals surface area contributed by atoms with E-state index in [0.29, 0.717) is 46.8 Å². The van der Waals surface area contributed by atoms with Crippen molar-refractivity contribution in [3.63, 3.8) is 0 Å². The van der Waals surface area contributed by atoms with Crippen LogP contribution in [-0.2, 0) is 42.2 Å². The number of nitrogens with zero attached hydrogens (tertiary/aromatic N) is 4. The summed E-state index contributed by atoms with van der Waals surface area (Å²) in [6.45, 7) is 1.55. The topological polar surface area (TPSA) is 140 Å². The van der Waals surface area contributed by atoms with Crippen LogP contribution >= 0.6 is 0 Å². The third kappa shape index (κ3) is 8.94. The molecule has 4 aromatic rings. The number of methoxy groups -OCH3 is 1. The molecule has 1 N–H and O–H groups in total.